The van der Waals surface area contributed by atoms with E-state index in [0.29, 0.717) is 28.3 Å². The van der Waals surface area contributed by atoms with Crippen molar-refractivity contribution in [2.75, 3.05) is 12.4 Å². The summed E-state index contributed by atoms with van der Waals surface area (Å²) in [6, 6.07) is 24.4. The standard InChI is InChI=1S/C30H28N2O7/c1-19-3-10-25(11-4-19)39-26-12-8-24(9-13-26)32-29(33)28-16-21(7-14-27(28)30(34)35)20-5-6-22(18-38-36)23(15-20)17-37-31-2/h3-16,31,36H,17-18H2,1-2H3,(H,32,33)(H,34,35). The molecule has 0 saturated heterocycles. The quantitative estimate of drug-likeness (QED) is 0.137. The lowest BCUT2D eigenvalue weighted by atomic mass is 9.96. The van der Waals surface area contributed by atoms with Crippen LogP contribution < -0.4 is 15.5 Å². The van der Waals surface area contributed by atoms with Crippen LogP contribution in [0.2, 0.25) is 0 Å². The molecule has 4 N–H and O–H groups in total. The first-order chi connectivity index (χ1) is 18.9. The average Bonchev–Trinajstić information content (AvgIpc) is 2.94. The number of aryl methyl sites for hydroxylation is 1. The minimum atomic E-state index is -1.22. The number of ether oxygens (including phenoxy) is 1. The van der Waals surface area contributed by atoms with Crippen molar-refractivity contribution in [2.24, 2.45) is 0 Å². The summed E-state index contributed by atoms with van der Waals surface area (Å²) in [4.78, 5) is 34.7. The Morgan fingerprint density at radius 2 is 1.41 bits per heavy atom. The summed E-state index contributed by atoms with van der Waals surface area (Å²) in [5.41, 5.74) is 6.92. The van der Waals surface area contributed by atoms with Crippen LogP contribution in [-0.4, -0.2) is 29.3 Å². The molecule has 0 atom stereocenters. The van der Waals surface area contributed by atoms with Gasteiger partial charge in [0.2, 0.25) is 0 Å². The highest BCUT2D eigenvalue weighted by Crippen LogP contribution is 2.28. The third-order valence-electron chi connectivity index (χ3n) is 6.00. The minimum absolute atomic E-state index is 0.00998. The number of rotatable bonds is 11. The molecule has 9 nitrogen and oxygen atoms in total. The SMILES string of the molecule is CNOCc1cc(-c2ccc(C(=O)O)c(C(=O)Nc3ccc(Oc4ccc(C)cc4)cc3)c2)ccc1COO. The second-order valence-corrected chi connectivity index (χ2v) is 8.71. The van der Waals surface area contributed by atoms with Gasteiger partial charge in [0.1, 0.15) is 18.1 Å². The van der Waals surface area contributed by atoms with Crippen LogP contribution in [0.25, 0.3) is 11.1 Å². The summed E-state index contributed by atoms with van der Waals surface area (Å²) in [7, 11) is 1.63. The van der Waals surface area contributed by atoms with Crippen molar-refractivity contribution in [1.82, 2.24) is 5.48 Å². The first-order valence-corrected chi connectivity index (χ1v) is 12.1. The highest BCUT2D eigenvalue weighted by Gasteiger charge is 2.19. The predicted molar refractivity (Wildman–Crippen MR) is 146 cm³/mol. The number of carboxylic acids is 1. The normalized spacial score (nSPS) is 10.7. The number of anilines is 1. The van der Waals surface area contributed by atoms with Crippen molar-refractivity contribution >= 4 is 17.6 Å². The molecule has 0 aromatic heterocycles. The molecule has 0 spiro atoms. The lowest BCUT2D eigenvalue weighted by Gasteiger charge is -2.13. The van der Waals surface area contributed by atoms with Gasteiger partial charge >= 0.3 is 5.97 Å². The summed E-state index contributed by atoms with van der Waals surface area (Å²) < 4.78 is 5.83. The number of carbonyl (C=O) groups excluding carboxylic acids is 1. The smallest absolute Gasteiger partial charge is 0.336 e. The second kappa shape index (κ2) is 12.8. The topological polar surface area (TPSA) is 126 Å². The van der Waals surface area contributed by atoms with Crippen molar-refractivity contribution in [3.8, 4) is 22.6 Å². The van der Waals surface area contributed by atoms with E-state index in [-0.39, 0.29) is 24.3 Å². The summed E-state index contributed by atoms with van der Waals surface area (Å²) in [6.07, 6.45) is 0. The third kappa shape index (κ3) is 7.07. The summed E-state index contributed by atoms with van der Waals surface area (Å²) in [5.74, 6) is -0.492. The molecule has 0 radical (unpaired) electrons. The first kappa shape index (κ1) is 27.5. The number of hydrogen-bond donors (Lipinski definition) is 4. The zero-order valence-electron chi connectivity index (χ0n) is 21.4. The first-order valence-electron chi connectivity index (χ1n) is 12.1. The number of amides is 1. The van der Waals surface area contributed by atoms with Gasteiger partial charge in [0, 0.05) is 12.7 Å². The fourth-order valence-electron chi connectivity index (χ4n) is 3.95. The van der Waals surface area contributed by atoms with E-state index >= 15 is 0 Å². The van der Waals surface area contributed by atoms with Gasteiger partial charge in [-0.3, -0.25) is 14.9 Å². The number of benzene rings is 4. The molecule has 0 aliphatic heterocycles. The van der Waals surface area contributed by atoms with Gasteiger partial charge in [-0.1, -0.05) is 35.9 Å². The highest BCUT2D eigenvalue weighted by molar-refractivity contribution is 6.11. The molecule has 4 aromatic rings. The number of hydroxylamine groups is 1. The molecule has 39 heavy (non-hydrogen) atoms. The van der Waals surface area contributed by atoms with Crippen LogP contribution in [0.5, 0.6) is 11.5 Å². The Hall–Kier alpha value is -4.54. The molecule has 9 heteroatoms. The molecule has 0 aliphatic carbocycles. The van der Waals surface area contributed by atoms with E-state index in [0.717, 1.165) is 16.7 Å². The van der Waals surface area contributed by atoms with Crippen molar-refractivity contribution in [3.63, 3.8) is 0 Å². The molecule has 1 amide bonds. The van der Waals surface area contributed by atoms with Gasteiger partial charge in [-0.15, -0.1) is 0 Å². The minimum Gasteiger partial charge on any atom is -0.478 e. The highest BCUT2D eigenvalue weighted by atomic mass is 17.1. The van der Waals surface area contributed by atoms with Crippen molar-refractivity contribution in [1.29, 1.82) is 0 Å². The van der Waals surface area contributed by atoms with Gasteiger partial charge < -0.3 is 15.2 Å². The molecule has 0 saturated carbocycles. The van der Waals surface area contributed by atoms with E-state index in [4.69, 9.17) is 14.8 Å². The number of nitrogens with one attached hydrogen (secondary N) is 2. The predicted octanol–water partition coefficient (Wildman–Crippen LogP) is 6.05. The van der Waals surface area contributed by atoms with Crippen LogP contribution in [0.4, 0.5) is 5.69 Å². The zero-order valence-corrected chi connectivity index (χ0v) is 21.4. The van der Waals surface area contributed by atoms with Gasteiger partial charge in [-0.25, -0.2) is 15.2 Å². The third-order valence-corrected chi connectivity index (χ3v) is 6.00. The lowest BCUT2D eigenvalue weighted by Crippen LogP contribution is -2.16. The Morgan fingerprint density at radius 1 is 0.769 bits per heavy atom. The number of aromatic carboxylic acids is 1. The van der Waals surface area contributed by atoms with Gasteiger partial charge in [-0.2, -0.15) is 0 Å². The molecule has 200 valence electrons. The van der Waals surface area contributed by atoms with E-state index in [2.05, 4.69) is 15.7 Å². The van der Waals surface area contributed by atoms with Gasteiger partial charge in [0.25, 0.3) is 5.91 Å². The molecule has 0 fully saturated rings. The van der Waals surface area contributed by atoms with E-state index in [1.807, 2.05) is 37.3 Å². The molecule has 0 heterocycles. The Balaban J connectivity index is 1.57. The van der Waals surface area contributed by atoms with Crippen LogP contribution in [-0.2, 0) is 22.9 Å². The molecule has 0 unspecified atom stereocenters. The molecule has 4 aromatic carbocycles. The van der Waals surface area contributed by atoms with Crippen LogP contribution >= 0.6 is 0 Å². The van der Waals surface area contributed by atoms with Crippen molar-refractivity contribution in [2.45, 2.75) is 20.1 Å². The van der Waals surface area contributed by atoms with Crippen LogP contribution in [0.1, 0.15) is 37.4 Å². The summed E-state index contributed by atoms with van der Waals surface area (Å²) in [6.45, 7) is 2.17. The largest absolute Gasteiger partial charge is 0.478 e. The molecule has 0 aliphatic rings. The van der Waals surface area contributed by atoms with E-state index in [1.165, 1.54) is 12.1 Å². The second-order valence-electron chi connectivity index (χ2n) is 8.71. The van der Waals surface area contributed by atoms with E-state index in [1.54, 1.807) is 49.5 Å². The zero-order chi connectivity index (χ0) is 27.8. The molecule has 4 rings (SSSR count). The van der Waals surface area contributed by atoms with E-state index < -0.39 is 11.9 Å². The van der Waals surface area contributed by atoms with Crippen LogP contribution in [0.3, 0.4) is 0 Å². The maximum absolute atomic E-state index is 13.2. The Kier molecular flexibility index (Phi) is 9.03. The number of carboxylic acid groups (broad SMARTS) is 1. The number of carbonyl (C=O) groups is 2. The Labute approximate surface area is 225 Å². The molecule has 0 bridgehead atoms. The van der Waals surface area contributed by atoms with Crippen LogP contribution in [0.15, 0.2) is 84.9 Å². The van der Waals surface area contributed by atoms with Gasteiger partial charge in [0.15, 0.2) is 0 Å². The summed E-state index contributed by atoms with van der Waals surface area (Å²) in [5, 5.41) is 21.4. The maximum atomic E-state index is 13.2. The molecular formula is C30H28N2O7. The van der Waals surface area contributed by atoms with Crippen molar-refractivity contribution in [3.05, 3.63) is 113 Å². The summed E-state index contributed by atoms with van der Waals surface area (Å²) >= 11 is 0. The van der Waals surface area contributed by atoms with Gasteiger partial charge in [-0.05, 0) is 83.8 Å². The van der Waals surface area contributed by atoms with Crippen LogP contribution in [0, 0.1) is 6.92 Å². The Morgan fingerprint density at radius 3 is 2.05 bits per heavy atom. The van der Waals surface area contributed by atoms with E-state index in [9.17, 15) is 14.7 Å². The fraction of sp³-hybridized carbons (Fsp3) is 0.133. The lowest BCUT2D eigenvalue weighted by molar-refractivity contribution is -0.253. The maximum Gasteiger partial charge on any atom is 0.336 e. The Bertz CT molecular complexity index is 1450. The van der Waals surface area contributed by atoms with Gasteiger partial charge in [0.05, 0.1) is 17.7 Å². The monoisotopic (exact) mass is 528 g/mol. The fourth-order valence-corrected chi connectivity index (χ4v) is 3.95. The number of hydrogen-bond acceptors (Lipinski definition) is 7. The average molecular weight is 529 g/mol. The molecular weight excluding hydrogens is 500 g/mol. The van der Waals surface area contributed by atoms with Crippen molar-refractivity contribution < 1.29 is 34.4 Å².